The highest BCUT2D eigenvalue weighted by atomic mass is 79.9. The lowest BCUT2D eigenvalue weighted by Crippen LogP contribution is -2.29. The van der Waals surface area contributed by atoms with E-state index in [4.69, 9.17) is 11.6 Å². The van der Waals surface area contributed by atoms with E-state index in [1.807, 2.05) is 6.07 Å². The van der Waals surface area contributed by atoms with Gasteiger partial charge in [0, 0.05) is 10.0 Å². The van der Waals surface area contributed by atoms with Crippen molar-refractivity contribution in [1.82, 2.24) is 0 Å². The van der Waals surface area contributed by atoms with E-state index >= 15 is 0 Å². The summed E-state index contributed by atoms with van der Waals surface area (Å²) in [6.45, 7) is 0. The molecular formula is C21H12BrClN2O3. The number of anilines is 2. The first-order valence-electron chi connectivity index (χ1n) is 8.30. The first kappa shape index (κ1) is 18.4. The standard InChI is InChI=1S/C21H12BrClN2O3/c22-13-5-3-4-12(10-13)19(26)24-18-9-8-14(11-17(18)23)25-20(27)15-6-1-2-7-16(15)21(25)28/h1-11H,(H,24,26). The van der Waals surface area contributed by atoms with Crippen molar-refractivity contribution in [3.05, 3.63) is 92.9 Å². The number of carbonyl (C=O) groups excluding carboxylic acids is 3. The molecule has 0 bridgehead atoms. The number of hydrogen-bond donors (Lipinski definition) is 1. The van der Waals surface area contributed by atoms with Crippen LogP contribution < -0.4 is 10.2 Å². The zero-order chi connectivity index (χ0) is 19.8. The van der Waals surface area contributed by atoms with Gasteiger partial charge in [0.15, 0.2) is 0 Å². The molecule has 0 spiro atoms. The average Bonchev–Trinajstić information content (AvgIpc) is 2.94. The van der Waals surface area contributed by atoms with E-state index in [0.717, 1.165) is 9.37 Å². The molecule has 0 radical (unpaired) electrons. The van der Waals surface area contributed by atoms with Gasteiger partial charge in [-0.15, -0.1) is 0 Å². The third kappa shape index (κ3) is 3.21. The zero-order valence-corrected chi connectivity index (χ0v) is 16.6. The second-order valence-electron chi connectivity index (χ2n) is 6.12. The number of amides is 3. The molecule has 3 amide bonds. The smallest absolute Gasteiger partial charge is 0.266 e. The third-order valence-corrected chi connectivity index (χ3v) is 5.15. The molecule has 0 aliphatic carbocycles. The Hall–Kier alpha value is -2.96. The Morgan fingerprint density at radius 1 is 0.893 bits per heavy atom. The van der Waals surface area contributed by atoms with Crippen molar-refractivity contribution in [2.24, 2.45) is 0 Å². The molecule has 1 aliphatic rings. The van der Waals surface area contributed by atoms with Crippen LogP contribution in [0.2, 0.25) is 5.02 Å². The molecule has 7 heteroatoms. The quantitative estimate of drug-likeness (QED) is 0.555. The van der Waals surface area contributed by atoms with Gasteiger partial charge in [-0.1, -0.05) is 45.7 Å². The fourth-order valence-corrected chi connectivity index (χ4v) is 3.61. The molecule has 4 rings (SSSR count). The van der Waals surface area contributed by atoms with Crippen LogP contribution in [0, 0.1) is 0 Å². The van der Waals surface area contributed by atoms with Gasteiger partial charge in [-0.2, -0.15) is 0 Å². The Balaban J connectivity index is 1.60. The number of nitrogens with zero attached hydrogens (tertiary/aromatic N) is 1. The van der Waals surface area contributed by atoms with Crippen molar-refractivity contribution in [2.75, 3.05) is 10.2 Å². The number of carbonyl (C=O) groups is 3. The maximum atomic E-state index is 12.6. The molecule has 3 aromatic carbocycles. The number of benzene rings is 3. The number of rotatable bonds is 3. The van der Waals surface area contributed by atoms with E-state index in [1.54, 1.807) is 54.6 Å². The molecule has 28 heavy (non-hydrogen) atoms. The normalized spacial score (nSPS) is 12.9. The highest BCUT2D eigenvalue weighted by Crippen LogP contribution is 2.33. The lowest BCUT2D eigenvalue weighted by Gasteiger charge is -2.16. The predicted molar refractivity (Wildman–Crippen MR) is 111 cm³/mol. The van der Waals surface area contributed by atoms with Crippen molar-refractivity contribution in [1.29, 1.82) is 0 Å². The van der Waals surface area contributed by atoms with Crippen molar-refractivity contribution in [3.63, 3.8) is 0 Å². The second-order valence-corrected chi connectivity index (χ2v) is 7.44. The molecule has 5 nitrogen and oxygen atoms in total. The molecule has 0 saturated carbocycles. The highest BCUT2D eigenvalue weighted by Gasteiger charge is 2.36. The van der Waals surface area contributed by atoms with E-state index in [-0.39, 0.29) is 10.9 Å². The fraction of sp³-hybridized carbons (Fsp3) is 0. The van der Waals surface area contributed by atoms with Gasteiger partial charge in [-0.25, -0.2) is 4.90 Å². The Labute approximate surface area is 174 Å². The van der Waals surface area contributed by atoms with Gasteiger partial charge in [-0.05, 0) is 48.5 Å². The number of fused-ring (bicyclic) bond motifs is 1. The van der Waals surface area contributed by atoms with Crippen molar-refractivity contribution in [3.8, 4) is 0 Å². The Morgan fingerprint density at radius 3 is 2.18 bits per heavy atom. The van der Waals surface area contributed by atoms with Gasteiger partial charge >= 0.3 is 0 Å². The summed E-state index contributed by atoms with van der Waals surface area (Å²) in [5, 5.41) is 2.95. The highest BCUT2D eigenvalue weighted by molar-refractivity contribution is 9.10. The zero-order valence-electron chi connectivity index (χ0n) is 14.3. The minimum absolute atomic E-state index is 0.220. The molecule has 3 aromatic rings. The molecule has 0 fully saturated rings. The van der Waals surface area contributed by atoms with Gasteiger partial charge in [0.2, 0.25) is 0 Å². The Morgan fingerprint density at radius 2 is 1.57 bits per heavy atom. The minimum atomic E-state index is -0.400. The summed E-state index contributed by atoms with van der Waals surface area (Å²) in [5.41, 5.74) is 1.91. The molecule has 0 aromatic heterocycles. The molecule has 0 unspecified atom stereocenters. The maximum absolute atomic E-state index is 12.6. The second kappa shape index (κ2) is 7.22. The Kier molecular flexibility index (Phi) is 4.75. The Bertz CT molecular complexity index is 1110. The van der Waals surface area contributed by atoms with Crippen LogP contribution in [0.3, 0.4) is 0 Å². The van der Waals surface area contributed by atoms with E-state index in [2.05, 4.69) is 21.2 Å². The predicted octanol–water partition coefficient (Wildman–Crippen LogP) is 5.16. The van der Waals surface area contributed by atoms with E-state index < -0.39 is 11.8 Å². The third-order valence-electron chi connectivity index (χ3n) is 4.34. The van der Waals surface area contributed by atoms with Crippen molar-refractivity contribution in [2.45, 2.75) is 0 Å². The van der Waals surface area contributed by atoms with Crippen LogP contribution in [0.1, 0.15) is 31.1 Å². The van der Waals surface area contributed by atoms with Gasteiger partial charge in [-0.3, -0.25) is 14.4 Å². The first-order valence-corrected chi connectivity index (χ1v) is 9.47. The summed E-state index contributed by atoms with van der Waals surface area (Å²) in [6.07, 6.45) is 0. The van der Waals surface area contributed by atoms with Crippen LogP contribution in [0.25, 0.3) is 0 Å². The fourth-order valence-electron chi connectivity index (χ4n) is 2.99. The summed E-state index contributed by atoms with van der Waals surface area (Å²) >= 11 is 9.63. The molecule has 138 valence electrons. The minimum Gasteiger partial charge on any atom is -0.321 e. The summed E-state index contributed by atoms with van der Waals surface area (Å²) in [7, 11) is 0. The van der Waals surface area contributed by atoms with E-state index in [1.165, 1.54) is 6.07 Å². The van der Waals surface area contributed by atoms with Crippen LogP contribution in [0.5, 0.6) is 0 Å². The van der Waals surface area contributed by atoms with Gasteiger partial charge in [0.25, 0.3) is 17.7 Å². The van der Waals surface area contributed by atoms with Crippen LogP contribution in [0.4, 0.5) is 11.4 Å². The van der Waals surface area contributed by atoms with E-state index in [9.17, 15) is 14.4 Å². The molecule has 1 heterocycles. The molecular weight excluding hydrogens is 444 g/mol. The number of hydrogen-bond acceptors (Lipinski definition) is 3. The lowest BCUT2D eigenvalue weighted by molar-refractivity contribution is 0.0924. The molecule has 1 N–H and O–H groups in total. The molecule has 1 aliphatic heterocycles. The van der Waals surface area contributed by atoms with Crippen molar-refractivity contribution >= 4 is 56.6 Å². The van der Waals surface area contributed by atoms with Crippen LogP contribution in [-0.2, 0) is 0 Å². The van der Waals surface area contributed by atoms with Crippen LogP contribution >= 0.6 is 27.5 Å². The van der Waals surface area contributed by atoms with Gasteiger partial charge in [0.1, 0.15) is 0 Å². The van der Waals surface area contributed by atoms with Crippen LogP contribution in [-0.4, -0.2) is 17.7 Å². The number of imide groups is 1. The molecule has 0 atom stereocenters. The van der Waals surface area contributed by atoms with E-state index in [0.29, 0.717) is 28.1 Å². The first-order chi connectivity index (χ1) is 13.5. The summed E-state index contributed by atoms with van der Waals surface area (Å²) < 4.78 is 0.784. The molecule has 0 saturated heterocycles. The number of halogens is 2. The van der Waals surface area contributed by atoms with Gasteiger partial charge < -0.3 is 5.32 Å². The monoisotopic (exact) mass is 454 g/mol. The van der Waals surface area contributed by atoms with Gasteiger partial charge in [0.05, 0.1) is 27.5 Å². The number of nitrogens with one attached hydrogen (secondary N) is 1. The summed E-state index contributed by atoms with van der Waals surface area (Å²) in [6, 6.07) is 18.2. The summed E-state index contributed by atoms with van der Waals surface area (Å²) in [5.74, 6) is -1.12. The maximum Gasteiger partial charge on any atom is 0.266 e. The average molecular weight is 456 g/mol. The SMILES string of the molecule is O=C(Nc1ccc(N2C(=O)c3ccccc3C2=O)cc1Cl)c1cccc(Br)c1. The van der Waals surface area contributed by atoms with Crippen molar-refractivity contribution < 1.29 is 14.4 Å². The topological polar surface area (TPSA) is 66.5 Å². The van der Waals surface area contributed by atoms with Crippen LogP contribution in [0.15, 0.2) is 71.2 Å². The summed E-state index contributed by atoms with van der Waals surface area (Å²) in [4.78, 5) is 38.7. The largest absolute Gasteiger partial charge is 0.321 e. The lowest BCUT2D eigenvalue weighted by atomic mass is 10.1.